The maximum absolute atomic E-state index is 3.67. The fraction of sp³-hybridized carbons (Fsp3) is 0.400. The van der Waals surface area contributed by atoms with Crippen molar-refractivity contribution in [1.29, 1.82) is 0 Å². The summed E-state index contributed by atoms with van der Waals surface area (Å²) in [6, 6.07) is 21.7. The molecule has 0 spiro atoms. The maximum Gasteiger partial charge on any atom is 0.0214 e. The molecule has 1 saturated carbocycles. The summed E-state index contributed by atoms with van der Waals surface area (Å²) < 4.78 is 0. The third kappa shape index (κ3) is 4.44. The highest BCUT2D eigenvalue weighted by molar-refractivity contribution is 5.32. The van der Waals surface area contributed by atoms with Gasteiger partial charge in [-0.1, -0.05) is 73.5 Å². The van der Waals surface area contributed by atoms with Gasteiger partial charge in [0.15, 0.2) is 0 Å². The van der Waals surface area contributed by atoms with E-state index in [0.29, 0.717) is 5.92 Å². The first-order chi connectivity index (χ1) is 10.4. The zero-order valence-corrected chi connectivity index (χ0v) is 12.7. The average molecular weight is 279 g/mol. The second-order valence-electron chi connectivity index (χ2n) is 6.16. The highest BCUT2D eigenvalue weighted by atomic mass is 14.9. The van der Waals surface area contributed by atoms with Gasteiger partial charge in [0.25, 0.3) is 0 Å². The number of hydrogen-bond acceptors (Lipinski definition) is 1. The van der Waals surface area contributed by atoms with Crippen LogP contribution in [0.2, 0.25) is 0 Å². The van der Waals surface area contributed by atoms with Crippen LogP contribution in [0.1, 0.15) is 42.7 Å². The van der Waals surface area contributed by atoms with Crippen molar-refractivity contribution in [1.82, 2.24) is 5.32 Å². The van der Waals surface area contributed by atoms with Crippen LogP contribution in [-0.2, 0) is 0 Å². The van der Waals surface area contributed by atoms with Gasteiger partial charge < -0.3 is 5.32 Å². The monoisotopic (exact) mass is 279 g/mol. The first-order valence-corrected chi connectivity index (χ1v) is 8.24. The van der Waals surface area contributed by atoms with E-state index in [2.05, 4.69) is 66.0 Å². The van der Waals surface area contributed by atoms with Gasteiger partial charge >= 0.3 is 0 Å². The third-order valence-corrected chi connectivity index (χ3v) is 4.42. The summed E-state index contributed by atoms with van der Waals surface area (Å²) in [5.41, 5.74) is 2.80. The number of benzene rings is 2. The minimum absolute atomic E-state index is 0.452. The summed E-state index contributed by atoms with van der Waals surface area (Å²) >= 11 is 0. The summed E-state index contributed by atoms with van der Waals surface area (Å²) in [5, 5.41) is 3.67. The maximum atomic E-state index is 3.67. The van der Waals surface area contributed by atoms with Gasteiger partial charge in [-0.15, -0.1) is 0 Å². The molecule has 0 atom stereocenters. The van der Waals surface area contributed by atoms with E-state index in [0.717, 1.165) is 19.0 Å². The molecular formula is C20H25N. The number of rotatable bonds is 8. The van der Waals surface area contributed by atoms with Crippen LogP contribution in [0.3, 0.4) is 0 Å². The van der Waals surface area contributed by atoms with Gasteiger partial charge in [-0.3, -0.25) is 0 Å². The summed E-state index contributed by atoms with van der Waals surface area (Å²) in [6.45, 7) is 2.17. The van der Waals surface area contributed by atoms with Crippen molar-refractivity contribution in [2.75, 3.05) is 13.1 Å². The van der Waals surface area contributed by atoms with E-state index in [9.17, 15) is 0 Å². The number of nitrogens with one attached hydrogen (secondary N) is 1. The van der Waals surface area contributed by atoms with Gasteiger partial charge in [0, 0.05) is 12.5 Å². The minimum Gasteiger partial charge on any atom is -0.316 e. The molecule has 2 aromatic rings. The lowest BCUT2D eigenvalue weighted by atomic mass is 9.91. The molecule has 0 saturated heterocycles. The second-order valence-corrected chi connectivity index (χ2v) is 6.16. The van der Waals surface area contributed by atoms with Crippen LogP contribution >= 0.6 is 0 Å². The number of hydrogen-bond donors (Lipinski definition) is 1. The Balaban J connectivity index is 1.59. The zero-order valence-electron chi connectivity index (χ0n) is 12.7. The van der Waals surface area contributed by atoms with Crippen LogP contribution in [0.5, 0.6) is 0 Å². The zero-order chi connectivity index (χ0) is 14.3. The molecule has 0 unspecified atom stereocenters. The van der Waals surface area contributed by atoms with Crippen molar-refractivity contribution in [2.24, 2.45) is 5.92 Å². The molecule has 2 aromatic carbocycles. The third-order valence-electron chi connectivity index (χ3n) is 4.42. The second kappa shape index (κ2) is 7.42. The molecule has 0 heterocycles. The SMILES string of the molecule is c1ccc(C(CNCCCC2CC2)c2ccccc2)cc1. The minimum atomic E-state index is 0.452. The van der Waals surface area contributed by atoms with E-state index in [1.807, 2.05) is 0 Å². The normalized spacial score (nSPS) is 14.5. The van der Waals surface area contributed by atoms with Crippen molar-refractivity contribution < 1.29 is 0 Å². The fourth-order valence-electron chi connectivity index (χ4n) is 2.97. The first kappa shape index (κ1) is 14.3. The summed E-state index contributed by atoms with van der Waals surface area (Å²) in [5.74, 6) is 1.50. The van der Waals surface area contributed by atoms with Crippen LogP contribution < -0.4 is 5.32 Å². The molecule has 1 N–H and O–H groups in total. The molecule has 0 aromatic heterocycles. The highest BCUT2D eigenvalue weighted by Crippen LogP contribution is 2.33. The smallest absolute Gasteiger partial charge is 0.0214 e. The van der Waals surface area contributed by atoms with Gasteiger partial charge in [-0.05, 0) is 36.4 Å². The van der Waals surface area contributed by atoms with Crippen LogP contribution in [0, 0.1) is 5.92 Å². The van der Waals surface area contributed by atoms with E-state index >= 15 is 0 Å². The topological polar surface area (TPSA) is 12.0 Å². The van der Waals surface area contributed by atoms with Crippen molar-refractivity contribution in [3.8, 4) is 0 Å². The van der Waals surface area contributed by atoms with E-state index in [-0.39, 0.29) is 0 Å². The molecule has 1 fully saturated rings. The van der Waals surface area contributed by atoms with Gasteiger partial charge in [0.1, 0.15) is 0 Å². The van der Waals surface area contributed by atoms with Gasteiger partial charge in [0.05, 0.1) is 0 Å². The van der Waals surface area contributed by atoms with Crippen LogP contribution in [-0.4, -0.2) is 13.1 Å². The average Bonchev–Trinajstić information content (AvgIpc) is 3.37. The van der Waals surface area contributed by atoms with E-state index in [1.54, 1.807) is 0 Å². The molecule has 0 bridgehead atoms. The molecule has 0 radical (unpaired) electrons. The molecule has 0 amide bonds. The van der Waals surface area contributed by atoms with Crippen molar-refractivity contribution in [3.05, 3.63) is 71.8 Å². The molecule has 1 heteroatoms. The van der Waals surface area contributed by atoms with Crippen molar-refractivity contribution >= 4 is 0 Å². The van der Waals surface area contributed by atoms with E-state index in [4.69, 9.17) is 0 Å². The first-order valence-electron chi connectivity index (χ1n) is 8.24. The lowest BCUT2D eigenvalue weighted by molar-refractivity contribution is 0.575. The Morgan fingerprint density at radius 1 is 0.857 bits per heavy atom. The lowest BCUT2D eigenvalue weighted by Crippen LogP contribution is -2.23. The largest absolute Gasteiger partial charge is 0.316 e. The van der Waals surface area contributed by atoms with Crippen LogP contribution in [0.4, 0.5) is 0 Å². The van der Waals surface area contributed by atoms with E-state index < -0.39 is 0 Å². The molecule has 1 aliphatic rings. The molecule has 1 nitrogen and oxygen atoms in total. The molecule has 110 valence electrons. The molecule has 3 rings (SSSR count). The molecule has 0 aliphatic heterocycles. The predicted octanol–water partition coefficient (Wildman–Crippen LogP) is 4.60. The quantitative estimate of drug-likeness (QED) is 0.696. The molecule has 1 aliphatic carbocycles. The lowest BCUT2D eigenvalue weighted by Gasteiger charge is -2.19. The predicted molar refractivity (Wildman–Crippen MR) is 89.6 cm³/mol. The molecule has 21 heavy (non-hydrogen) atoms. The fourth-order valence-corrected chi connectivity index (χ4v) is 2.97. The van der Waals surface area contributed by atoms with Gasteiger partial charge in [0.2, 0.25) is 0 Å². The Bertz CT molecular complexity index is 477. The Kier molecular flexibility index (Phi) is 5.07. The van der Waals surface area contributed by atoms with Gasteiger partial charge in [-0.25, -0.2) is 0 Å². The van der Waals surface area contributed by atoms with Crippen molar-refractivity contribution in [3.63, 3.8) is 0 Å². The van der Waals surface area contributed by atoms with Crippen molar-refractivity contribution in [2.45, 2.75) is 31.6 Å². The van der Waals surface area contributed by atoms with Crippen LogP contribution in [0.25, 0.3) is 0 Å². The van der Waals surface area contributed by atoms with E-state index in [1.165, 1.54) is 36.8 Å². The van der Waals surface area contributed by atoms with Gasteiger partial charge in [-0.2, -0.15) is 0 Å². The Labute approximate surface area is 128 Å². The summed E-state index contributed by atoms with van der Waals surface area (Å²) in [4.78, 5) is 0. The molecular weight excluding hydrogens is 254 g/mol. The Hall–Kier alpha value is -1.60. The Morgan fingerprint density at radius 2 is 1.43 bits per heavy atom. The summed E-state index contributed by atoms with van der Waals surface area (Å²) in [6.07, 6.45) is 5.67. The van der Waals surface area contributed by atoms with Crippen LogP contribution in [0.15, 0.2) is 60.7 Å². The standard InChI is InChI=1S/C20H25N/c1-3-9-18(10-4-1)20(19-11-5-2-6-12-19)16-21-15-7-8-17-13-14-17/h1-6,9-12,17,20-21H,7-8,13-16H2. The summed E-state index contributed by atoms with van der Waals surface area (Å²) in [7, 11) is 0. The Morgan fingerprint density at radius 3 is 1.95 bits per heavy atom. The highest BCUT2D eigenvalue weighted by Gasteiger charge is 2.20.